The van der Waals surface area contributed by atoms with Crippen LogP contribution in [0.3, 0.4) is 0 Å². The van der Waals surface area contributed by atoms with Crippen LogP contribution in [0.1, 0.15) is 23.1 Å². The highest BCUT2D eigenvalue weighted by Crippen LogP contribution is 2.49. The molecular formula is C21H17Cl2F4N3O2. The van der Waals surface area contributed by atoms with E-state index in [1.165, 1.54) is 42.3 Å². The van der Waals surface area contributed by atoms with Gasteiger partial charge in [0.15, 0.2) is 5.67 Å². The van der Waals surface area contributed by atoms with Crippen LogP contribution in [0, 0.1) is 0 Å². The van der Waals surface area contributed by atoms with Crippen molar-refractivity contribution in [2.45, 2.75) is 23.9 Å². The normalized spacial score (nSPS) is 22.1. The summed E-state index contributed by atoms with van der Waals surface area (Å²) in [7, 11) is 1.46. The highest BCUT2D eigenvalue weighted by atomic mass is 35.5. The average Bonchev–Trinajstić information content (AvgIpc) is 3.17. The van der Waals surface area contributed by atoms with E-state index in [9.17, 15) is 18.0 Å². The molecule has 0 bridgehead atoms. The molecule has 11 heteroatoms. The van der Waals surface area contributed by atoms with Crippen molar-refractivity contribution >= 4 is 34.9 Å². The van der Waals surface area contributed by atoms with E-state index in [1.54, 1.807) is 0 Å². The lowest BCUT2D eigenvalue weighted by Crippen LogP contribution is -2.60. The largest absolute Gasteiger partial charge is 0.435 e. The van der Waals surface area contributed by atoms with E-state index in [2.05, 4.69) is 10.5 Å². The van der Waals surface area contributed by atoms with Crippen LogP contribution in [-0.4, -0.2) is 43.0 Å². The van der Waals surface area contributed by atoms with E-state index in [-0.39, 0.29) is 40.4 Å². The number of alkyl halides is 4. The van der Waals surface area contributed by atoms with Gasteiger partial charge in [-0.1, -0.05) is 52.6 Å². The average molecular weight is 490 g/mol. The molecule has 170 valence electrons. The Balaban J connectivity index is 1.56. The van der Waals surface area contributed by atoms with Crippen LogP contribution in [0.25, 0.3) is 0 Å². The van der Waals surface area contributed by atoms with Gasteiger partial charge in [0.25, 0.3) is 5.60 Å². The minimum atomic E-state index is -4.80. The Morgan fingerprint density at radius 1 is 1.09 bits per heavy atom. The van der Waals surface area contributed by atoms with Crippen molar-refractivity contribution < 1.29 is 27.2 Å². The van der Waals surface area contributed by atoms with Crippen LogP contribution < -0.4 is 5.32 Å². The van der Waals surface area contributed by atoms with Crippen LogP contribution in [0.4, 0.5) is 22.4 Å². The number of urea groups is 1. The molecule has 0 spiro atoms. The molecule has 2 aliphatic heterocycles. The zero-order valence-electron chi connectivity index (χ0n) is 16.6. The van der Waals surface area contributed by atoms with Crippen LogP contribution in [0.5, 0.6) is 0 Å². The minimum absolute atomic E-state index is 0.0390. The number of nitrogens with one attached hydrogen (secondary N) is 1. The fourth-order valence-corrected chi connectivity index (χ4v) is 4.38. The second-order valence-electron chi connectivity index (χ2n) is 7.74. The maximum atomic E-state index is 15.0. The summed E-state index contributed by atoms with van der Waals surface area (Å²) < 4.78 is 57.3. The molecule has 4 rings (SSSR count). The molecule has 5 nitrogen and oxygen atoms in total. The molecule has 1 saturated heterocycles. The second-order valence-corrected chi connectivity index (χ2v) is 8.62. The number of nitrogens with zero attached hydrogens (tertiary/aromatic N) is 2. The standard InChI is InChI=1S/C21H17Cl2F4N3O2/c1-28-18(31)30-10-19(24,11-30)13-4-2-12(3-5-13)17-9-20(32-29-17,21(25,26)27)14-6-15(22)8-16(23)7-14/h2-8H,9-11H2,1H3,(H,28,31). The molecular weight excluding hydrogens is 473 g/mol. The van der Waals surface area contributed by atoms with Gasteiger partial charge in [0.05, 0.1) is 18.8 Å². The summed E-state index contributed by atoms with van der Waals surface area (Å²) in [6.07, 6.45) is -5.40. The van der Waals surface area contributed by atoms with Gasteiger partial charge in [0, 0.05) is 29.1 Å². The lowest BCUT2D eigenvalue weighted by molar-refractivity contribution is -0.275. The number of amides is 2. The summed E-state index contributed by atoms with van der Waals surface area (Å²) >= 11 is 11.8. The third kappa shape index (κ3) is 3.77. The smallest absolute Gasteiger partial charge is 0.374 e. The summed E-state index contributed by atoms with van der Waals surface area (Å²) in [4.78, 5) is 17.8. The molecule has 1 fully saturated rings. The highest BCUT2D eigenvalue weighted by molar-refractivity contribution is 6.34. The number of rotatable bonds is 3. The number of hydrogen-bond donors (Lipinski definition) is 1. The van der Waals surface area contributed by atoms with Crippen molar-refractivity contribution in [3.63, 3.8) is 0 Å². The number of benzene rings is 2. The number of carbonyl (C=O) groups is 1. The van der Waals surface area contributed by atoms with Gasteiger partial charge in [-0.15, -0.1) is 0 Å². The van der Waals surface area contributed by atoms with Crippen LogP contribution in [0.15, 0.2) is 47.6 Å². The summed E-state index contributed by atoms with van der Waals surface area (Å²) in [5.41, 5.74) is -3.97. The van der Waals surface area contributed by atoms with Crippen molar-refractivity contribution in [2.75, 3.05) is 20.1 Å². The number of likely N-dealkylation sites (tertiary alicyclic amines) is 1. The zero-order valence-corrected chi connectivity index (χ0v) is 18.2. The van der Waals surface area contributed by atoms with E-state index < -0.39 is 23.9 Å². The molecule has 2 heterocycles. The molecule has 1 N–H and O–H groups in total. The van der Waals surface area contributed by atoms with Crippen molar-refractivity contribution in [3.05, 3.63) is 69.2 Å². The summed E-state index contributed by atoms with van der Waals surface area (Å²) in [5, 5.41) is 6.19. The summed E-state index contributed by atoms with van der Waals surface area (Å²) in [6, 6.07) is 9.15. The van der Waals surface area contributed by atoms with E-state index in [0.29, 0.717) is 11.1 Å². The Hall–Kier alpha value is -2.52. The SMILES string of the molecule is CNC(=O)N1CC(F)(c2ccc(C3=NOC(c4cc(Cl)cc(Cl)c4)(C(F)(F)F)C3)cc2)C1. The molecule has 0 aromatic heterocycles. The third-order valence-corrected chi connectivity index (χ3v) is 6.07. The fraction of sp³-hybridized carbons (Fsp3) is 0.333. The Morgan fingerprint density at radius 2 is 1.69 bits per heavy atom. The first kappa shape index (κ1) is 22.7. The number of oxime groups is 1. The minimum Gasteiger partial charge on any atom is -0.374 e. The highest BCUT2D eigenvalue weighted by Gasteiger charge is 2.62. The first-order chi connectivity index (χ1) is 15.0. The van der Waals surface area contributed by atoms with E-state index in [0.717, 1.165) is 12.1 Å². The van der Waals surface area contributed by atoms with Gasteiger partial charge in [-0.25, -0.2) is 9.18 Å². The van der Waals surface area contributed by atoms with Crippen LogP contribution >= 0.6 is 23.2 Å². The zero-order chi connectivity index (χ0) is 23.3. The molecule has 32 heavy (non-hydrogen) atoms. The maximum absolute atomic E-state index is 15.0. The predicted octanol–water partition coefficient (Wildman–Crippen LogP) is 5.40. The first-order valence-corrected chi connectivity index (χ1v) is 10.3. The third-order valence-electron chi connectivity index (χ3n) is 5.63. The van der Waals surface area contributed by atoms with Crippen LogP contribution in [-0.2, 0) is 16.1 Å². The van der Waals surface area contributed by atoms with Gasteiger partial charge >= 0.3 is 12.2 Å². The second kappa shape index (κ2) is 7.81. The number of hydrogen-bond acceptors (Lipinski definition) is 3. The Labute approximate surface area is 190 Å². The van der Waals surface area contributed by atoms with Gasteiger partial charge < -0.3 is 15.1 Å². The van der Waals surface area contributed by atoms with Gasteiger partial charge in [0.1, 0.15) is 0 Å². The summed E-state index contributed by atoms with van der Waals surface area (Å²) in [6.45, 7) is -0.217. The lowest BCUT2D eigenvalue weighted by Gasteiger charge is -2.44. The summed E-state index contributed by atoms with van der Waals surface area (Å²) in [5.74, 6) is 0. The molecule has 2 amide bonds. The molecule has 2 aromatic carbocycles. The fourth-order valence-electron chi connectivity index (χ4n) is 3.85. The monoisotopic (exact) mass is 489 g/mol. The first-order valence-electron chi connectivity index (χ1n) is 9.52. The molecule has 2 aliphatic rings. The van der Waals surface area contributed by atoms with E-state index >= 15 is 4.39 Å². The van der Waals surface area contributed by atoms with Gasteiger partial charge in [-0.3, -0.25) is 0 Å². The van der Waals surface area contributed by atoms with Crippen molar-refractivity contribution in [1.82, 2.24) is 10.2 Å². The van der Waals surface area contributed by atoms with Crippen LogP contribution in [0.2, 0.25) is 10.0 Å². The molecule has 0 saturated carbocycles. The molecule has 2 aromatic rings. The Morgan fingerprint density at radius 3 is 2.22 bits per heavy atom. The number of halogens is 6. The van der Waals surface area contributed by atoms with E-state index in [4.69, 9.17) is 28.0 Å². The topological polar surface area (TPSA) is 53.9 Å². The molecule has 0 radical (unpaired) electrons. The number of carbonyl (C=O) groups excluding carboxylic acids is 1. The molecule has 1 unspecified atom stereocenters. The quantitative estimate of drug-likeness (QED) is 0.587. The Kier molecular flexibility index (Phi) is 5.53. The van der Waals surface area contributed by atoms with Crippen molar-refractivity contribution in [1.29, 1.82) is 0 Å². The predicted molar refractivity (Wildman–Crippen MR) is 112 cm³/mol. The van der Waals surface area contributed by atoms with Crippen molar-refractivity contribution in [2.24, 2.45) is 5.16 Å². The van der Waals surface area contributed by atoms with Gasteiger partial charge in [-0.2, -0.15) is 13.2 Å². The molecule has 0 aliphatic carbocycles. The van der Waals surface area contributed by atoms with Gasteiger partial charge in [0.2, 0.25) is 0 Å². The lowest BCUT2D eigenvalue weighted by atomic mass is 9.85. The van der Waals surface area contributed by atoms with Gasteiger partial charge in [-0.05, 0) is 29.3 Å². The molecule has 1 atom stereocenters. The van der Waals surface area contributed by atoms with E-state index in [1.807, 2.05) is 0 Å². The van der Waals surface area contributed by atoms with Crippen molar-refractivity contribution in [3.8, 4) is 0 Å². The Bertz CT molecular complexity index is 1070. The maximum Gasteiger partial charge on any atom is 0.435 e.